The van der Waals surface area contributed by atoms with Gasteiger partial charge in [0.2, 0.25) is 0 Å². The Morgan fingerprint density at radius 2 is 2.12 bits per heavy atom. The maximum absolute atomic E-state index is 11.6. The minimum atomic E-state index is -0.524. The normalized spacial score (nSPS) is 10.1. The van der Waals surface area contributed by atoms with E-state index >= 15 is 0 Å². The third-order valence-corrected chi connectivity index (χ3v) is 2.85. The fourth-order valence-electron chi connectivity index (χ4n) is 1.76. The van der Waals surface area contributed by atoms with E-state index in [2.05, 4.69) is 10.5 Å². The van der Waals surface area contributed by atoms with Gasteiger partial charge in [-0.15, -0.1) is 0 Å². The molecule has 0 heterocycles. The van der Waals surface area contributed by atoms with E-state index in [-0.39, 0.29) is 12.3 Å². The van der Waals surface area contributed by atoms with E-state index in [9.17, 15) is 14.9 Å². The Labute approximate surface area is 137 Å². The number of nitro groups is 1. The number of rotatable bonds is 6. The van der Waals surface area contributed by atoms with Crippen molar-refractivity contribution >= 4 is 17.8 Å². The van der Waals surface area contributed by atoms with Crippen LogP contribution in [0.5, 0.6) is 5.75 Å². The van der Waals surface area contributed by atoms with Gasteiger partial charge in [-0.25, -0.2) is 5.43 Å². The molecule has 0 aliphatic rings. The summed E-state index contributed by atoms with van der Waals surface area (Å²) in [5.74, 6) is -0.220. The Bertz CT molecular complexity index is 827. The van der Waals surface area contributed by atoms with E-state index in [1.54, 1.807) is 30.3 Å². The van der Waals surface area contributed by atoms with Gasteiger partial charge in [0, 0.05) is 17.7 Å². The Balaban J connectivity index is 1.88. The monoisotopic (exact) mass is 324 g/mol. The van der Waals surface area contributed by atoms with Gasteiger partial charge in [-0.05, 0) is 12.1 Å². The first-order chi connectivity index (χ1) is 11.6. The van der Waals surface area contributed by atoms with Crippen molar-refractivity contribution in [3.63, 3.8) is 0 Å². The molecule has 1 amide bonds. The van der Waals surface area contributed by atoms with Crippen molar-refractivity contribution < 1.29 is 14.5 Å². The number of hydrazone groups is 1. The number of nitrogens with zero attached hydrogens (tertiary/aromatic N) is 3. The number of benzene rings is 2. The second-order valence-corrected chi connectivity index (χ2v) is 4.54. The number of hydrogen-bond acceptors (Lipinski definition) is 6. The van der Waals surface area contributed by atoms with Crippen LogP contribution in [0.3, 0.4) is 0 Å². The zero-order chi connectivity index (χ0) is 17.4. The first-order valence-electron chi connectivity index (χ1n) is 6.78. The molecule has 2 rings (SSSR count). The second kappa shape index (κ2) is 8.05. The standard InChI is InChI=1S/C16H12N4O4/c17-9-13-5-1-2-7-15(13)24-11-16(21)19-18-10-12-4-3-6-14(8-12)20(22)23/h1-8,10H,11H2,(H,19,21)/b18-10+. The van der Waals surface area contributed by atoms with Gasteiger partial charge in [0.1, 0.15) is 11.8 Å². The van der Waals surface area contributed by atoms with Crippen molar-refractivity contribution in [3.05, 3.63) is 69.8 Å². The molecule has 0 unspecified atom stereocenters. The number of ether oxygens (including phenoxy) is 1. The Morgan fingerprint density at radius 1 is 1.33 bits per heavy atom. The summed E-state index contributed by atoms with van der Waals surface area (Å²) in [6.07, 6.45) is 1.29. The van der Waals surface area contributed by atoms with Crippen LogP contribution in [0.25, 0.3) is 0 Å². The summed E-state index contributed by atoms with van der Waals surface area (Å²) in [4.78, 5) is 21.8. The number of carbonyl (C=O) groups is 1. The molecule has 8 heteroatoms. The van der Waals surface area contributed by atoms with Crippen LogP contribution in [-0.2, 0) is 4.79 Å². The van der Waals surface area contributed by atoms with Crippen LogP contribution in [-0.4, -0.2) is 23.7 Å². The highest BCUT2D eigenvalue weighted by Crippen LogP contribution is 2.16. The number of nitro benzene ring substituents is 1. The first kappa shape index (κ1) is 16.6. The molecule has 0 saturated carbocycles. The number of nitrogens with one attached hydrogen (secondary N) is 1. The number of hydrogen-bond donors (Lipinski definition) is 1. The lowest BCUT2D eigenvalue weighted by atomic mass is 10.2. The van der Waals surface area contributed by atoms with E-state index in [0.29, 0.717) is 16.9 Å². The molecule has 2 aromatic rings. The van der Waals surface area contributed by atoms with Gasteiger partial charge in [0.05, 0.1) is 16.7 Å². The van der Waals surface area contributed by atoms with Crippen LogP contribution < -0.4 is 10.2 Å². The molecule has 0 aliphatic carbocycles. The summed E-state index contributed by atoms with van der Waals surface area (Å²) in [5, 5.41) is 23.3. The molecular formula is C16H12N4O4. The topological polar surface area (TPSA) is 118 Å². The number of non-ortho nitro benzene ring substituents is 1. The lowest BCUT2D eigenvalue weighted by Crippen LogP contribution is -2.24. The largest absolute Gasteiger partial charge is 0.482 e. The molecule has 2 aromatic carbocycles. The molecule has 0 fully saturated rings. The second-order valence-electron chi connectivity index (χ2n) is 4.54. The Morgan fingerprint density at radius 3 is 2.88 bits per heavy atom. The van der Waals surface area contributed by atoms with Gasteiger partial charge in [0.15, 0.2) is 6.61 Å². The Kier molecular flexibility index (Phi) is 5.58. The summed E-state index contributed by atoms with van der Waals surface area (Å²) in [6.45, 7) is -0.315. The summed E-state index contributed by atoms with van der Waals surface area (Å²) in [5.41, 5.74) is 2.97. The number of carbonyl (C=O) groups excluding carboxylic acids is 1. The molecule has 0 radical (unpaired) electrons. The highest BCUT2D eigenvalue weighted by atomic mass is 16.6. The van der Waals surface area contributed by atoms with Gasteiger partial charge in [-0.2, -0.15) is 10.4 Å². The number of para-hydroxylation sites is 1. The summed E-state index contributed by atoms with van der Waals surface area (Å²) in [7, 11) is 0. The van der Waals surface area contributed by atoms with Crippen molar-refractivity contribution in [1.82, 2.24) is 5.43 Å². The predicted octanol–water partition coefficient (Wildman–Crippen LogP) is 2.00. The fourth-order valence-corrected chi connectivity index (χ4v) is 1.76. The third kappa shape index (κ3) is 4.64. The molecule has 24 heavy (non-hydrogen) atoms. The number of nitriles is 1. The van der Waals surface area contributed by atoms with Crippen molar-refractivity contribution in [3.8, 4) is 11.8 Å². The quantitative estimate of drug-likeness (QED) is 0.495. The van der Waals surface area contributed by atoms with Crippen LogP contribution in [0.15, 0.2) is 53.6 Å². The van der Waals surface area contributed by atoms with Crippen LogP contribution in [0.4, 0.5) is 5.69 Å². The van der Waals surface area contributed by atoms with Crippen molar-refractivity contribution in [2.24, 2.45) is 5.10 Å². The molecule has 0 spiro atoms. The zero-order valence-electron chi connectivity index (χ0n) is 12.4. The average molecular weight is 324 g/mol. The van der Waals surface area contributed by atoms with Gasteiger partial charge >= 0.3 is 0 Å². The van der Waals surface area contributed by atoms with Crippen LogP contribution in [0.2, 0.25) is 0 Å². The van der Waals surface area contributed by atoms with E-state index < -0.39 is 10.8 Å². The minimum absolute atomic E-state index is 0.0679. The molecule has 1 N–H and O–H groups in total. The van der Waals surface area contributed by atoms with Crippen molar-refractivity contribution in [2.75, 3.05) is 6.61 Å². The van der Waals surface area contributed by atoms with Crippen LogP contribution >= 0.6 is 0 Å². The summed E-state index contributed by atoms with van der Waals surface area (Å²) in [6, 6.07) is 14.3. The summed E-state index contributed by atoms with van der Waals surface area (Å²) >= 11 is 0. The Hall–Kier alpha value is -3.73. The van der Waals surface area contributed by atoms with E-state index in [0.717, 1.165) is 0 Å². The van der Waals surface area contributed by atoms with Crippen molar-refractivity contribution in [1.29, 1.82) is 5.26 Å². The SMILES string of the molecule is N#Cc1ccccc1OCC(=O)N/N=C/c1cccc([N+](=O)[O-])c1. The molecule has 0 aliphatic heterocycles. The highest BCUT2D eigenvalue weighted by Gasteiger charge is 2.06. The average Bonchev–Trinajstić information content (AvgIpc) is 2.60. The lowest BCUT2D eigenvalue weighted by Gasteiger charge is -2.06. The van der Waals surface area contributed by atoms with Crippen LogP contribution in [0.1, 0.15) is 11.1 Å². The highest BCUT2D eigenvalue weighted by molar-refractivity contribution is 5.83. The number of amides is 1. The molecule has 0 saturated heterocycles. The third-order valence-electron chi connectivity index (χ3n) is 2.85. The molecular weight excluding hydrogens is 312 g/mol. The van der Waals surface area contributed by atoms with Gasteiger partial charge < -0.3 is 4.74 Å². The van der Waals surface area contributed by atoms with Crippen molar-refractivity contribution in [2.45, 2.75) is 0 Å². The molecule has 120 valence electrons. The summed E-state index contributed by atoms with van der Waals surface area (Å²) < 4.78 is 5.25. The molecule has 0 atom stereocenters. The minimum Gasteiger partial charge on any atom is -0.482 e. The van der Waals surface area contributed by atoms with E-state index in [1.807, 2.05) is 6.07 Å². The smallest absolute Gasteiger partial charge is 0.277 e. The van der Waals surface area contributed by atoms with E-state index in [4.69, 9.17) is 10.00 Å². The molecule has 0 aromatic heterocycles. The zero-order valence-corrected chi connectivity index (χ0v) is 12.4. The van der Waals surface area contributed by atoms with Gasteiger partial charge in [-0.3, -0.25) is 14.9 Å². The van der Waals surface area contributed by atoms with Gasteiger partial charge in [-0.1, -0.05) is 24.3 Å². The predicted molar refractivity (Wildman–Crippen MR) is 85.5 cm³/mol. The van der Waals surface area contributed by atoms with Gasteiger partial charge in [0.25, 0.3) is 11.6 Å². The maximum Gasteiger partial charge on any atom is 0.277 e. The fraction of sp³-hybridized carbons (Fsp3) is 0.0625. The molecule has 0 bridgehead atoms. The molecule has 8 nitrogen and oxygen atoms in total. The van der Waals surface area contributed by atoms with E-state index in [1.165, 1.54) is 24.4 Å². The lowest BCUT2D eigenvalue weighted by molar-refractivity contribution is -0.384. The maximum atomic E-state index is 11.6. The first-order valence-corrected chi connectivity index (χ1v) is 6.78. The van der Waals surface area contributed by atoms with Crippen LogP contribution in [0, 0.1) is 21.4 Å².